The number of nitrogens with two attached hydrogens (primary N) is 1. The summed E-state index contributed by atoms with van der Waals surface area (Å²) in [4.78, 5) is 24.6. The van der Waals surface area contributed by atoms with Gasteiger partial charge in [-0.15, -0.1) is 6.58 Å². The lowest BCUT2D eigenvalue weighted by atomic mass is 10.0. The molecular formula is C31H58F4N2O5. The molecule has 2 amide bonds. The summed E-state index contributed by atoms with van der Waals surface area (Å²) in [5, 5.41) is 7.00. The highest BCUT2D eigenvalue weighted by Crippen LogP contribution is 2.13. The Bertz CT molecular complexity index is 706. The fraction of sp³-hybridized carbons (Fsp3) is 0.742. The summed E-state index contributed by atoms with van der Waals surface area (Å²) in [5.41, 5.74) is 5.21. The van der Waals surface area contributed by atoms with Crippen LogP contribution in [0.5, 0.6) is 0 Å². The van der Waals surface area contributed by atoms with E-state index in [0.29, 0.717) is 18.2 Å². The molecule has 0 saturated carbocycles. The number of halogens is 4. The zero-order chi connectivity index (χ0) is 33.6. The van der Waals surface area contributed by atoms with Crippen molar-refractivity contribution in [1.82, 2.24) is 4.90 Å². The molecule has 0 aliphatic carbocycles. The van der Waals surface area contributed by atoms with E-state index >= 15 is 0 Å². The molecule has 0 aromatic rings. The van der Waals surface area contributed by atoms with Crippen molar-refractivity contribution >= 4 is 11.8 Å². The molecule has 1 aliphatic heterocycles. The molecule has 1 fully saturated rings. The van der Waals surface area contributed by atoms with E-state index in [4.69, 9.17) is 20.3 Å². The summed E-state index contributed by atoms with van der Waals surface area (Å²) in [6, 6.07) is 0. The normalized spacial score (nSPS) is 15.9. The SMILES string of the molecule is C/C=C(\C)F.C=CCCN1CCCCCCC1=O.CC(F)(F)F.CCC(C)/C=C/CC(CC(OC)C(N)=O)OC.CO. The van der Waals surface area contributed by atoms with Crippen LogP contribution in [-0.2, 0) is 19.1 Å². The van der Waals surface area contributed by atoms with Crippen molar-refractivity contribution in [2.75, 3.05) is 34.4 Å². The average Bonchev–Trinajstić information content (AvgIpc) is 2.93. The molecule has 250 valence electrons. The number of ether oxygens (including phenoxy) is 2. The first-order chi connectivity index (χ1) is 19.7. The highest BCUT2D eigenvalue weighted by molar-refractivity contribution is 5.78. The van der Waals surface area contributed by atoms with Gasteiger partial charge in [0, 0.05) is 54.2 Å². The fourth-order valence-corrected chi connectivity index (χ4v) is 3.15. The molecule has 11 heteroatoms. The van der Waals surface area contributed by atoms with Crippen LogP contribution in [0.4, 0.5) is 17.6 Å². The van der Waals surface area contributed by atoms with Crippen LogP contribution in [-0.4, -0.2) is 74.6 Å². The molecule has 0 spiro atoms. The molecule has 1 rings (SSSR count). The van der Waals surface area contributed by atoms with Gasteiger partial charge < -0.3 is 25.2 Å². The Morgan fingerprint density at radius 1 is 1.17 bits per heavy atom. The molecule has 0 aromatic heterocycles. The van der Waals surface area contributed by atoms with E-state index in [2.05, 4.69) is 32.6 Å². The minimum absolute atomic E-state index is 0.0345. The number of carbonyl (C=O) groups excluding carboxylic acids is 2. The predicted molar refractivity (Wildman–Crippen MR) is 164 cm³/mol. The molecule has 0 bridgehead atoms. The first-order valence-corrected chi connectivity index (χ1v) is 14.4. The number of aliphatic hydroxyl groups is 1. The third-order valence-electron chi connectivity index (χ3n) is 5.84. The van der Waals surface area contributed by atoms with Gasteiger partial charge in [0.1, 0.15) is 6.10 Å². The van der Waals surface area contributed by atoms with Gasteiger partial charge in [-0.1, -0.05) is 57.4 Å². The smallest absolute Gasteiger partial charge is 0.386 e. The van der Waals surface area contributed by atoms with Crippen LogP contribution in [0.25, 0.3) is 0 Å². The summed E-state index contributed by atoms with van der Waals surface area (Å²) >= 11 is 0. The van der Waals surface area contributed by atoms with Crippen molar-refractivity contribution in [2.45, 2.75) is 111 Å². The van der Waals surface area contributed by atoms with E-state index in [1.807, 2.05) is 11.0 Å². The zero-order valence-electron chi connectivity index (χ0n) is 27.1. The Morgan fingerprint density at radius 3 is 2.10 bits per heavy atom. The molecule has 42 heavy (non-hydrogen) atoms. The number of carbonyl (C=O) groups is 2. The summed E-state index contributed by atoms with van der Waals surface area (Å²) in [6.45, 7) is 13.1. The highest BCUT2D eigenvalue weighted by Gasteiger charge is 2.19. The van der Waals surface area contributed by atoms with Crippen LogP contribution in [0.1, 0.15) is 92.4 Å². The number of primary amides is 1. The summed E-state index contributed by atoms with van der Waals surface area (Å²) in [7, 11) is 4.12. The molecule has 3 unspecified atom stereocenters. The number of methoxy groups -OCH3 is 2. The van der Waals surface area contributed by atoms with Gasteiger partial charge in [0.05, 0.1) is 11.9 Å². The highest BCUT2D eigenvalue weighted by atomic mass is 19.4. The van der Waals surface area contributed by atoms with E-state index in [1.54, 1.807) is 14.0 Å². The number of hydrogen-bond acceptors (Lipinski definition) is 5. The first-order valence-electron chi connectivity index (χ1n) is 14.4. The molecular weight excluding hydrogens is 556 g/mol. The monoisotopic (exact) mass is 614 g/mol. The topological polar surface area (TPSA) is 102 Å². The summed E-state index contributed by atoms with van der Waals surface area (Å²) in [5.74, 6) is 0.342. The van der Waals surface area contributed by atoms with Gasteiger partial charge >= 0.3 is 6.18 Å². The van der Waals surface area contributed by atoms with E-state index in [-0.39, 0.29) is 18.9 Å². The Balaban J connectivity index is -0.000000253. The van der Waals surface area contributed by atoms with Crippen molar-refractivity contribution in [3.63, 3.8) is 0 Å². The summed E-state index contributed by atoms with van der Waals surface area (Å²) < 4.78 is 52.7. The second-order valence-corrected chi connectivity index (χ2v) is 9.55. The molecule has 1 heterocycles. The third kappa shape index (κ3) is 37.8. The van der Waals surface area contributed by atoms with Crippen LogP contribution < -0.4 is 5.73 Å². The van der Waals surface area contributed by atoms with E-state index in [0.717, 1.165) is 52.3 Å². The third-order valence-corrected chi connectivity index (χ3v) is 5.84. The van der Waals surface area contributed by atoms with E-state index < -0.39 is 18.2 Å². The van der Waals surface area contributed by atoms with Crippen LogP contribution in [0.2, 0.25) is 0 Å². The van der Waals surface area contributed by atoms with Gasteiger partial charge in [-0.05, 0) is 45.4 Å². The molecule has 1 saturated heterocycles. The quantitative estimate of drug-likeness (QED) is 0.177. The van der Waals surface area contributed by atoms with Crippen LogP contribution in [0.3, 0.4) is 0 Å². The van der Waals surface area contributed by atoms with Crippen molar-refractivity contribution in [2.24, 2.45) is 11.7 Å². The van der Waals surface area contributed by atoms with Crippen molar-refractivity contribution in [3.8, 4) is 0 Å². The molecule has 7 nitrogen and oxygen atoms in total. The molecule has 3 N–H and O–H groups in total. The second-order valence-electron chi connectivity index (χ2n) is 9.55. The number of amides is 2. The Morgan fingerprint density at radius 2 is 1.69 bits per heavy atom. The molecule has 1 aliphatic rings. The van der Waals surface area contributed by atoms with Gasteiger partial charge in [-0.3, -0.25) is 9.59 Å². The Labute approximate surface area is 252 Å². The number of allylic oxidation sites excluding steroid dienone is 3. The van der Waals surface area contributed by atoms with Gasteiger partial charge in [0.2, 0.25) is 11.8 Å². The largest absolute Gasteiger partial charge is 0.400 e. The average molecular weight is 615 g/mol. The van der Waals surface area contributed by atoms with Crippen LogP contribution in [0, 0.1) is 5.92 Å². The number of rotatable bonds is 12. The van der Waals surface area contributed by atoms with Gasteiger partial charge in [0.25, 0.3) is 0 Å². The summed E-state index contributed by atoms with van der Waals surface area (Å²) in [6.07, 6.45) is 11.7. The number of hydrogen-bond donors (Lipinski definition) is 2. The van der Waals surface area contributed by atoms with Crippen molar-refractivity contribution in [1.29, 1.82) is 0 Å². The molecule has 0 radical (unpaired) electrons. The Kier molecular flexibility index (Phi) is 35.2. The maximum atomic E-state index is 11.6. The maximum Gasteiger partial charge on any atom is 0.386 e. The van der Waals surface area contributed by atoms with E-state index in [1.165, 1.54) is 39.4 Å². The number of aliphatic hydroxyl groups excluding tert-OH is 1. The first kappa shape index (κ1) is 46.7. The standard InChI is InChI=1S/C13H25NO3.C11H19NO.C4H7F.C2H3F3.CH4O/c1-5-10(2)7-6-8-11(16-3)9-12(17-4)13(14)15;1-2-3-9-12-10-7-5-4-6-8-11(12)13;1-3-4(2)5;1-2(3,4)5;1-2/h6-7,10-12H,5,8-9H2,1-4H3,(H2,14,15);2H,1,3-10H2;3H,1-2H3;1H3;2H,1H3/b7-6+;;4-3+;;. The van der Waals surface area contributed by atoms with Crippen molar-refractivity contribution in [3.05, 3.63) is 36.7 Å². The van der Waals surface area contributed by atoms with Crippen LogP contribution in [0.15, 0.2) is 36.7 Å². The van der Waals surface area contributed by atoms with Crippen LogP contribution >= 0.6 is 0 Å². The second kappa shape index (κ2) is 31.7. The maximum absolute atomic E-state index is 11.6. The minimum Gasteiger partial charge on any atom is -0.400 e. The minimum atomic E-state index is -4.00. The predicted octanol–water partition coefficient (Wildman–Crippen LogP) is 7.30. The lowest BCUT2D eigenvalue weighted by molar-refractivity contribution is -0.132. The fourth-order valence-electron chi connectivity index (χ4n) is 3.15. The van der Waals surface area contributed by atoms with Gasteiger partial charge in [-0.2, -0.15) is 13.2 Å². The molecule has 3 atom stereocenters. The van der Waals surface area contributed by atoms with E-state index in [9.17, 15) is 27.2 Å². The molecule has 0 aromatic carbocycles. The number of likely N-dealkylation sites (tertiary alicyclic amines) is 1. The lowest BCUT2D eigenvalue weighted by Crippen LogP contribution is -2.34. The lowest BCUT2D eigenvalue weighted by Gasteiger charge is -2.24. The zero-order valence-corrected chi connectivity index (χ0v) is 27.1. The number of nitrogens with zero attached hydrogens (tertiary/aromatic N) is 1. The van der Waals surface area contributed by atoms with Gasteiger partial charge in [-0.25, -0.2) is 4.39 Å². The number of alkyl halides is 3. The van der Waals surface area contributed by atoms with Gasteiger partial charge in [0.15, 0.2) is 0 Å². The van der Waals surface area contributed by atoms with Crippen molar-refractivity contribution < 1.29 is 41.7 Å². The Hall–Kier alpha value is -2.24.